The average Bonchev–Trinajstić information content (AvgIpc) is 2.83. The van der Waals surface area contributed by atoms with Gasteiger partial charge >= 0.3 is 0 Å². The van der Waals surface area contributed by atoms with Crippen molar-refractivity contribution < 1.29 is 9.53 Å². The van der Waals surface area contributed by atoms with Gasteiger partial charge in [-0.25, -0.2) is 0 Å². The number of hydrogen-bond donors (Lipinski definition) is 2. The summed E-state index contributed by atoms with van der Waals surface area (Å²) >= 11 is 5.38. The van der Waals surface area contributed by atoms with Crippen LogP contribution in [0.2, 0.25) is 0 Å². The van der Waals surface area contributed by atoms with E-state index in [9.17, 15) is 4.79 Å². The van der Waals surface area contributed by atoms with Gasteiger partial charge in [-0.3, -0.25) is 4.79 Å². The first-order chi connectivity index (χ1) is 16.2. The molecule has 4 aromatic carbocycles. The van der Waals surface area contributed by atoms with Crippen LogP contribution in [0.15, 0.2) is 97.1 Å². The quantitative estimate of drug-likeness (QED) is 0.257. The number of anilines is 1. The van der Waals surface area contributed by atoms with E-state index >= 15 is 0 Å². The molecule has 0 spiro atoms. The third-order valence-corrected chi connectivity index (χ3v) is 5.53. The highest BCUT2D eigenvalue weighted by atomic mass is 32.1. The number of rotatable bonds is 8. The first kappa shape index (κ1) is 22.5. The van der Waals surface area contributed by atoms with Crippen molar-refractivity contribution in [2.75, 3.05) is 11.9 Å². The maximum atomic E-state index is 12.6. The lowest BCUT2D eigenvalue weighted by Gasteiger charge is -2.14. The Hall–Kier alpha value is -3.70. The Morgan fingerprint density at radius 3 is 2.42 bits per heavy atom. The predicted molar refractivity (Wildman–Crippen MR) is 139 cm³/mol. The van der Waals surface area contributed by atoms with Crippen molar-refractivity contribution in [1.29, 1.82) is 0 Å². The Morgan fingerprint density at radius 2 is 1.55 bits per heavy atom. The third-order valence-electron chi connectivity index (χ3n) is 5.33. The maximum Gasteiger partial charge on any atom is 0.230 e. The largest absolute Gasteiger partial charge is 0.491 e. The van der Waals surface area contributed by atoms with E-state index in [1.54, 1.807) is 0 Å². The number of thiocarbonyl (C=S) groups is 1. The minimum atomic E-state index is -0.162. The van der Waals surface area contributed by atoms with Crippen molar-refractivity contribution in [2.45, 2.75) is 19.3 Å². The summed E-state index contributed by atoms with van der Waals surface area (Å²) in [5.41, 5.74) is 2.99. The molecule has 4 rings (SSSR count). The van der Waals surface area contributed by atoms with E-state index < -0.39 is 0 Å². The molecule has 0 aromatic heterocycles. The monoisotopic (exact) mass is 454 g/mol. The van der Waals surface area contributed by atoms with Crippen molar-refractivity contribution in [3.05, 3.63) is 108 Å². The molecule has 0 fully saturated rings. The first-order valence-corrected chi connectivity index (χ1v) is 11.4. The van der Waals surface area contributed by atoms with Crippen LogP contribution >= 0.6 is 12.2 Å². The van der Waals surface area contributed by atoms with Gasteiger partial charge in [-0.1, -0.05) is 84.9 Å². The van der Waals surface area contributed by atoms with Crippen LogP contribution in [0.1, 0.15) is 17.5 Å². The lowest BCUT2D eigenvalue weighted by Crippen LogP contribution is -2.35. The zero-order valence-electron chi connectivity index (χ0n) is 18.3. The van der Waals surface area contributed by atoms with Crippen molar-refractivity contribution in [2.24, 2.45) is 0 Å². The molecule has 0 unspecified atom stereocenters. The van der Waals surface area contributed by atoms with Gasteiger partial charge in [0, 0.05) is 0 Å². The zero-order valence-corrected chi connectivity index (χ0v) is 19.1. The van der Waals surface area contributed by atoms with Crippen molar-refractivity contribution in [3.63, 3.8) is 0 Å². The number of amides is 1. The standard InChI is InChI=1S/C28H26N2O2S/c31-27(20-23-15-8-14-22-13-4-5-16-24(22)23)30-28(33)29-25-17-6-7-18-26(25)32-19-9-12-21-10-2-1-3-11-21/h1-8,10-11,13-18H,9,12,19-20H2,(H2,29,30,31,33). The fraction of sp³-hybridized carbons (Fsp3) is 0.143. The topological polar surface area (TPSA) is 50.4 Å². The second-order valence-corrected chi connectivity index (χ2v) is 8.16. The number of benzene rings is 4. The summed E-state index contributed by atoms with van der Waals surface area (Å²) in [6, 6.07) is 32.0. The molecule has 0 saturated carbocycles. The molecule has 0 saturated heterocycles. The van der Waals surface area contributed by atoms with Gasteiger partial charge in [-0.2, -0.15) is 0 Å². The van der Waals surface area contributed by atoms with Crippen LogP contribution in [0, 0.1) is 0 Å². The van der Waals surface area contributed by atoms with E-state index in [-0.39, 0.29) is 17.4 Å². The fourth-order valence-electron chi connectivity index (χ4n) is 3.74. The van der Waals surface area contributed by atoms with E-state index in [0.29, 0.717) is 12.4 Å². The SMILES string of the molecule is O=C(Cc1cccc2ccccc12)NC(=S)Nc1ccccc1OCCCc1ccccc1. The van der Waals surface area contributed by atoms with Gasteiger partial charge in [-0.15, -0.1) is 0 Å². The van der Waals surface area contributed by atoms with Crippen LogP contribution < -0.4 is 15.4 Å². The van der Waals surface area contributed by atoms with E-state index in [0.717, 1.165) is 34.9 Å². The van der Waals surface area contributed by atoms with Gasteiger partial charge < -0.3 is 15.4 Å². The molecule has 0 aliphatic heterocycles. The van der Waals surface area contributed by atoms with Gasteiger partial charge in [0.2, 0.25) is 5.91 Å². The predicted octanol–water partition coefficient (Wildman–Crippen LogP) is 5.91. The fourth-order valence-corrected chi connectivity index (χ4v) is 3.97. The summed E-state index contributed by atoms with van der Waals surface area (Å²) < 4.78 is 5.97. The Labute approximate surface area is 199 Å². The summed E-state index contributed by atoms with van der Waals surface area (Å²) in [6.45, 7) is 0.591. The van der Waals surface area contributed by atoms with Crippen LogP contribution in [-0.4, -0.2) is 17.6 Å². The summed E-state index contributed by atoms with van der Waals surface area (Å²) in [7, 11) is 0. The molecule has 4 nitrogen and oxygen atoms in total. The molecule has 0 atom stereocenters. The highest BCUT2D eigenvalue weighted by Gasteiger charge is 2.10. The lowest BCUT2D eigenvalue weighted by molar-refractivity contribution is -0.119. The Morgan fingerprint density at radius 1 is 0.818 bits per heavy atom. The molecule has 0 aliphatic rings. The molecular formula is C28H26N2O2S. The molecule has 0 heterocycles. The van der Waals surface area contributed by atoms with Gasteiger partial charge in [-0.05, 0) is 59.1 Å². The van der Waals surface area contributed by atoms with Gasteiger partial charge in [0.25, 0.3) is 0 Å². The van der Waals surface area contributed by atoms with Crippen molar-refractivity contribution >= 4 is 39.7 Å². The smallest absolute Gasteiger partial charge is 0.230 e. The third kappa shape index (κ3) is 6.40. The number of fused-ring (bicyclic) bond motifs is 1. The van der Waals surface area contributed by atoms with Crippen LogP contribution in [0.5, 0.6) is 5.75 Å². The molecule has 4 aromatic rings. The normalized spacial score (nSPS) is 10.5. The molecule has 0 aliphatic carbocycles. The maximum absolute atomic E-state index is 12.6. The molecule has 0 bridgehead atoms. The van der Waals surface area contributed by atoms with Crippen LogP contribution in [-0.2, 0) is 17.6 Å². The minimum absolute atomic E-state index is 0.162. The highest BCUT2D eigenvalue weighted by molar-refractivity contribution is 7.80. The van der Waals surface area contributed by atoms with E-state index in [1.165, 1.54) is 5.56 Å². The molecule has 1 amide bonds. The Kier molecular flexibility index (Phi) is 7.67. The van der Waals surface area contributed by atoms with Crippen molar-refractivity contribution in [1.82, 2.24) is 5.32 Å². The number of ether oxygens (including phenoxy) is 1. The Bertz CT molecular complexity index is 1240. The van der Waals surface area contributed by atoms with E-state index in [4.69, 9.17) is 17.0 Å². The highest BCUT2D eigenvalue weighted by Crippen LogP contribution is 2.24. The van der Waals surface area contributed by atoms with Gasteiger partial charge in [0.1, 0.15) is 5.75 Å². The van der Waals surface area contributed by atoms with E-state index in [2.05, 4.69) is 22.8 Å². The van der Waals surface area contributed by atoms with E-state index in [1.807, 2.05) is 84.9 Å². The second kappa shape index (κ2) is 11.2. The summed E-state index contributed by atoms with van der Waals surface area (Å²) in [5.74, 6) is 0.543. The second-order valence-electron chi connectivity index (χ2n) is 7.75. The number of nitrogens with one attached hydrogen (secondary N) is 2. The van der Waals surface area contributed by atoms with Crippen molar-refractivity contribution in [3.8, 4) is 5.75 Å². The number of aryl methyl sites for hydroxylation is 1. The summed E-state index contributed by atoms with van der Waals surface area (Å²) in [4.78, 5) is 12.6. The lowest BCUT2D eigenvalue weighted by atomic mass is 10.0. The molecule has 166 valence electrons. The van der Waals surface area contributed by atoms with Gasteiger partial charge in [0.15, 0.2) is 5.11 Å². The van der Waals surface area contributed by atoms with Crippen LogP contribution in [0.3, 0.4) is 0 Å². The number of para-hydroxylation sites is 2. The van der Waals surface area contributed by atoms with Gasteiger partial charge in [0.05, 0.1) is 18.7 Å². The summed E-state index contributed by atoms with van der Waals surface area (Å²) in [5, 5.41) is 8.32. The Balaban J connectivity index is 1.30. The minimum Gasteiger partial charge on any atom is -0.491 e. The first-order valence-electron chi connectivity index (χ1n) is 11.0. The number of carbonyl (C=O) groups excluding carboxylic acids is 1. The molecule has 5 heteroatoms. The molecule has 33 heavy (non-hydrogen) atoms. The summed E-state index contributed by atoms with van der Waals surface area (Å²) in [6.07, 6.45) is 2.12. The molecular weight excluding hydrogens is 428 g/mol. The van der Waals surface area contributed by atoms with Crippen LogP contribution in [0.25, 0.3) is 10.8 Å². The zero-order chi connectivity index (χ0) is 22.9. The number of hydrogen-bond acceptors (Lipinski definition) is 3. The number of carbonyl (C=O) groups is 1. The van der Waals surface area contributed by atoms with Crippen LogP contribution in [0.4, 0.5) is 5.69 Å². The molecule has 0 radical (unpaired) electrons. The average molecular weight is 455 g/mol. The molecule has 2 N–H and O–H groups in total.